The minimum Gasteiger partial charge on any atom is -0.493 e. The van der Waals surface area contributed by atoms with E-state index < -0.39 is 5.97 Å². The molecule has 1 aliphatic rings. The van der Waals surface area contributed by atoms with Gasteiger partial charge in [0.05, 0.1) is 11.6 Å². The Hall–Kier alpha value is -3.45. The highest BCUT2D eigenvalue weighted by molar-refractivity contribution is 9.10. The summed E-state index contributed by atoms with van der Waals surface area (Å²) in [5, 5.41) is 0. The number of cyclic esters (lactones) is 1. The lowest BCUT2D eigenvalue weighted by Crippen LogP contribution is -2.05. The predicted octanol–water partition coefficient (Wildman–Crippen LogP) is 6.64. The van der Waals surface area contributed by atoms with Gasteiger partial charge in [-0.25, -0.2) is 14.2 Å². The van der Waals surface area contributed by atoms with Crippen molar-refractivity contribution in [2.45, 2.75) is 26.4 Å². The van der Waals surface area contributed by atoms with E-state index in [9.17, 15) is 9.18 Å². The summed E-state index contributed by atoms with van der Waals surface area (Å²) < 4.78 is 31.2. The third-order valence-electron chi connectivity index (χ3n) is 5.33. The number of esters is 1. The molecule has 0 atom stereocenters. The maximum atomic E-state index is 13.9. The van der Waals surface area contributed by atoms with E-state index >= 15 is 0 Å². The Morgan fingerprint density at radius 2 is 1.85 bits per heavy atom. The number of benzene rings is 3. The molecule has 0 N–H and O–H groups in total. The number of methoxy groups -OCH3 is 1. The highest BCUT2D eigenvalue weighted by Gasteiger charge is 2.24. The first kappa shape index (κ1) is 23.7. The molecular formula is C27H23BrFNO4. The Kier molecular flexibility index (Phi) is 7.12. The molecule has 3 aromatic rings. The van der Waals surface area contributed by atoms with Gasteiger partial charge in [-0.05, 0) is 69.4 Å². The van der Waals surface area contributed by atoms with E-state index in [2.05, 4.69) is 34.8 Å². The zero-order valence-electron chi connectivity index (χ0n) is 19.0. The molecule has 0 fully saturated rings. The average Bonchev–Trinajstić information content (AvgIpc) is 3.19. The molecule has 4 rings (SSSR count). The number of aliphatic imine (C=N–C) groups is 1. The average molecular weight is 524 g/mol. The lowest BCUT2D eigenvalue weighted by atomic mass is 10.0. The molecule has 0 saturated carbocycles. The third kappa shape index (κ3) is 5.20. The Morgan fingerprint density at radius 1 is 1.12 bits per heavy atom. The molecular weight excluding hydrogens is 501 g/mol. The first-order valence-corrected chi connectivity index (χ1v) is 11.5. The Bertz CT molecular complexity index is 1280. The number of carbonyl (C=O) groups is 1. The van der Waals surface area contributed by atoms with Crippen LogP contribution >= 0.6 is 15.9 Å². The number of hydrogen-bond donors (Lipinski definition) is 0. The van der Waals surface area contributed by atoms with Gasteiger partial charge in [-0.15, -0.1) is 0 Å². The maximum Gasteiger partial charge on any atom is 0.363 e. The highest BCUT2D eigenvalue weighted by atomic mass is 79.9. The topological polar surface area (TPSA) is 57.1 Å². The van der Waals surface area contributed by atoms with Crippen LogP contribution in [0.2, 0.25) is 0 Å². The molecule has 1 heterocycles. The zero-order chi connectivity index (χ0) is 24.2. The fraction of sp³-hybridized carbons (Fsp3) is 0.185. The van der Waals surface area contributed by atoms with Gasteiger partial charge < -0.3 is 14.2 Å². The van der Waals surface area contributed by atoms with E-state index in [-0.39, 0.29) is 24.0 Å². The lowest BCUT2D eigenvalue weighted by Gasteiger charge is -2.14. The van der Waals surface area contributed by atoms with Crippen molar-refractivity contribution in [3.63, 3.8) is 0 Å². The number of carbonyl (C=O) groups excluding carboxylic acids is 1. The van der Waals surface area contributed by atoms with Gasteiger partial charge in [0.1, 0.15) is 12.4 Å². The van der Waals surface area contributed by atoms with Crippen molar-refractivity contribution in [2.75, 3.05) is 7.11 Å². The molecule has 3 aromatic carbocycles. The third-order valence-corrected chi connectivity index (χ3v) is 5.92. The molecule has 0 amide bonds. The van der Waals surface area contributed by atoms with E-state index in [1.165, 1.54) is 18.7 Å². The second-order valence-corrected chi connectivity index (χ2v) is 8.88. The molecule has 0 unspecified atom stereocenters. The van der Waals surface area contributed by atoms with Gasteiger partial charge >= 0.3 is 5.97 Å². The first-order chi connectivity index (χ1) is 16.4. The largest absolute Gasteiger partial charge is 0.493 e. The zero-order valence-corrected chi connectivity index (χ0v) is 20.6. The van der Waals surface area contributed by atoms with E-state index in [0.29, 0.717) is 33.0 Å². The fourth-order valence-electron chi connectivity index (χ4n) is 3.43. The Labute approximate surface area is 206 Å². The first-order valence-electron chi connectivity index (χ1n) is 10.7. The summed E-state index contributed by atoms with van der Waals surface area (Å²) in [5.41, 5.74) is 3.20. The van der Waals surface area contributed by atoms with Crippen LogP contribution in [0.15, 0.2) is 75.8 Å². The second-order valence-electron chi connectivity index (χ2n) is 8.03. The van der Waals surface area contributed by atoms with Crippen molar-refractivity contribution in [1.82, 2.24) is 0 Å². The number of halogens is 2. The minimum absolute atomic E-state index is 0.0393. The van der Waals surface area contributed by atoms with Gasteiger partial charge in [0.25, 0.3) is 0 Å². The van der Waals surface area contributed by atoms with Gasteiger partial charge in [-0.1, -0.05) is 44.2 Å². The summed E-state index contributed by atoms with van der Waals surface area (Å²) in [6, 6.07) is 17.7. The minimum atomic E-state index is -0.530. The van der Waals surface area contributed by atoms with E-state index in [0.717, 1.165) is 5.56 Å². The fourth-order valence-corrected chi connectivity index (χ4v) is 4.00. The number of ether oxygens (including phenoxy) is 3. The van der Waals surface area contributed by atoms with Gasteiger partial charge in [0.2, 0.25) is 5.90 Å². The Morgan fingerprint density at radius 3 is 2.53 bits per heavy atom. The molecule has 1 aliphatic heterocycles. The van der Waals surface area contributed by atoms with Crippen LogP contribution in [-0.4, -0.2) is 19.0 Å². The summed E-state index contributed by atoms with van der Waals surface area (Å²) in [7, 11) is 1.51. The van der Waals surface area contributed by atoms with Gasteiger partial charge in [-0.3, -0.25) is 0 Å². The molecule has 0 spiro atoms. The molecule has 0 bridgehead atoms. The monoisotopic (exact) mass is 523 g/mol. The summed E-state index contributed by atoms with van der Waals surface area (Å²) in [4.78, 5) is 16.8. The van der Waals surface area contributed by atoms with Crippen molar-refractivity contribution < 1.29 is 23.4 Å². The van der Waals surface area contributed by atoms with Crippen LogP contribution in [0.25, 0.3) is 6.08 Å². The molecule has 0 radical (unpaired) electrons. The predicted molar refractivity (Wildman–Crippen MR) is 133 cm³/mol. The lowest BCUT2D eigenvalue weighted by molar-refractivity contribution is -0.129. The molecule has 7 heteroatoms. The summed E-state index contributed by atoms with van der Waals surface area (Å²) in [5.74, 6) is 0.657. The van der Waals surface area contributed by atoms with Crippen molar-refractivity contribution in [2.24, 2.45) is 4.99 Å². The van der Waals surface area contributed by atoms with Gasteiger partial charge in [-0.2, -0.15) is 0 Å². The molecule has 0 aromatic heterocycles. The van der Waals surface area contributed by atoms with Crippen molar-refractivity contribution in [3.05, 3.63) is 98.9 Å². The van der Waals surface area contributed by atoms with Crippen LogP contribution < -0.4 is 9.47 Å². The van der Waals surface area contributed by atoms with Crippen molar-refractivity contribution >= 4 is 33.9 Å². The molecule has 5 nitrogen and oxygen atoms in total. The van der Waals surface area contributed by atoms with Crippen LogP contribution in [0.4, 0.5) is 4.39 Å². The summed E-state index contributed by atoms with van der Waals surface area (Å²) in [6.07, 6.45) is 1.62. The standard InChI is InChI=1S/C27H23BrFNO4/c1-16(2)18-8-10-19(11-9-18)26-30-23(27(31)34-26)13-17-12-21(28)25(24(14-17)32-3)33-15-20-6-4-5-7-22(20)29/h4-14,16H,15H2,1-3H3/b23-13-. The number of rotatable bonds is 7. The van der Waals surface area contributed by atoms with Crippen LogP contribution in [0.1, 0.15) is 42.0 Å². The van der Waals surface area contributed by atoms with Gasteiger partial charge in [0.15, 0.2) is 17.2 Å². The molecule has 34 heavy (non-hydrogen) atoms. The Balaban J connectivity index is 1.58. The van der Waals surface area contributed by atoms with E-state index in [4.69, 9.17) is 14.2 Å². The van der Waals surface area contributed by atoms with Crippen molar-refractivity contribution in [1.29, 1.82) is 0 Å². The van der Waals surface area contributed by atoms with Crippen LogP contribution in [0.5, 0.6) is 11.5 Å². The summed E-state index contributed by atoms with van der Waals surface area (Å²) in [6.45, 7) is 4.27. The molecule has 0 aliphatic carbocycles. The molecule has 0 saturated heterocycles. The summed E-state index contributed by atoms with van der Waals surface area (Å²) >= 11 is 3.48. The second kappa shape index (κ2) is 10.2. The maximum absolute atomic E-state index is 13.9. The van der Waals surface area contributed by atoms with E-state index in [1.54, 1.807) is 36.4 Å². The number of nitrogens with zero attached hydrogens (tertiary/aromatic N) is 1. The normalized spacial score (nSPS) is 14.4. The van der Waals surface area contributed by atoms with Crippen LogP contribution in [0, 0.1) is 5.82 Å². The smallest absolute Gasteiger partial charge is 0.363 e. The highest BCUT2D eigenvalue weighted by Crippen LogP contribution is 2.38. The van der Waals surface area contributed by atoms with E-state index in [1.807, 2.05) is 24.3 Å². The van der Waals surface area contributed by atoms with Crippen LogP contribution in [-0.2, 0) is 16.1 Å². The molecule has 174 valence electrons. The van der Waals surface area contributed by atoms with Gasteiger partial charge in [0, 0.05) is 11.1 Å². The quantitative estimate of drug-likeness (QED) is 0.257. The van der Waals surface area contributed by atoms with Crippen LogP contribution in [0.3, 0.4) is 0 Å². The SMILES string of the molecule is COc1cc(/C=C2\N=C(c3ccc(C(C)C)cc3)OC2=O)cc(Br)c1OCc1ccccc1F. The number of hydrogen-bond acceptors (Lipinski definition) is 5. The van der Waals surface area contributed by atoms with Crippen molar-refractivity contribution in [3.8, 4) is 11.5 Å².